The fourth-order valence-electron chi connectivity index (χ4n) is 2.55. The Morgan fingerprint density at radius 1 is 1.00 bits per heavy atom. The molecule has 164 valence electrons. The number of non-ortho nitro benzene ring substituents is 1. The van der Waals surface area contributed by atoms with Crippen molar-refractivity contribution in [2.45, 2.75) is 0 Å². The van der Waals surface area contributed by atoms with Crippen molar-refractivity contribution in [3.8, 4) is 11.3 Å². The van der Waals surface area contributed by atoms with E-state index < -0.39 is 12.2 Å². The predicted molar refractivity (Wildman–Crippen MR) is 112 cm³/mol. The lowest BCUT2D eigenvalue weighted by Gasteiger charge is -2.11. The van der Waals surface area contributed by atoms with Crippen LogP contribution >= 0.6 is 0 Å². The van der Waals surface area contributed by atoms with Gasteiger partial charge in [-0.1, -0.05) is 12.1 Å². The molecular formula is C20H20BF4N3O3. The molecule has 0 saturated heterocycles. The maximum Gasteiger partial charge on any atom is 0.673 e. The molecule has 0 spiro atoms. The first-order valence-electron chi connectivity index (χ1n) is 9.02. The minimum Gasteiger partial charge on any atom is -0.418 e. The van der Waals surface area contributed by atoms with Gasteiger partial charge in [0.25, 0.3) is 11.4 Å². The van der Waals surface area contributed by atoms with Crippen molar-refractivity contribution in [2.24, 2.45) is 7.05 Å². The van der Waals surface area contributed by atoms with Crippen molar-refractivity contribution in [3.63, 3.8) is 0 Å². The van der Waals surface area contributed by atoms with Crippen LogP contribution in [0.1, 0.15) is 11.3 Å². The maximum atomic E-state index is 10.8. The van der Waals surface area contributed by atoms with E-state index in [2.05, 4.69) is 29.2 Å². The summed E-state index contributed by atoms with van der Waals surface area (Å²) in [6.07, 6.45) is 3.99. The van der Waals surface area contributed by atoms with Gasteiger partial charge in [-0.05, 0) is 40.6 Å². The van der Waals surface area contributed by atoms with Gasteiger partial charge in [-0.3, -0.25) is 10.1 Å². The summed E-state index contributed by atoms with van der Waals surface area (Å²) in [6.45, 7) is 0. The van der Waals surface area contributed by atoms with E-state index in [1.165, 1.54) is 12.1 Å². The van der Waals surface area contributed by atoms with Crippen molar-refractivity contribution in [1.82, 2.24) is 0 Å². The molecule has 0 aliphatic carbocycles. The van der Waals surface area contributed by atoms with E-state index in [9.17, 15) is 27.4 Å². The first-order valence-corrected chi connectivity index (χ1v) is 9.02. The lowest BCUT2D eigenvalue weighted by molar-refractivity contribution is -0.844. The van der Waals surface area contributed by atoms with Crippen LogP contribution in [0.25, 0.3) is 23.5 Å². The first kappa shape index (κ1) is 23.7. The lowest BCUT2D eigenvalue weighted by atomic mass is 10.1. The third-order valence-electron chi connectivity index (χ3n) is 4.10. The van der Waals surface area contributed by atoms with E-state index in [0.717, 1.165) is 22.5 Å². The number of halogens is 4. The highest BCUT2D eigenvalue weighted by Gasteiger charge is 2.20. The molecule has 1 aromatic heterocycles. The molecule has 0 bridgehead atoms. The number of benzene rings is 2. The third-order valence-corrected chi connectivity index (χ3v) is 4.10. The van der Waals surface area contributed by atoms with Gasteiger partial charge >= 0.3 is 7.25 Å². The predicted octanol–water partition coefficient (Wildman–Crippen LogP) is 5.22. The summed E-state index contributed by atoms with van der Waals surface area (Å²) in [5.74, 6) is 0.657. The normalized spacial score (nSPS) is 11.2. The monoisotopic (exact) mass is 437 g/mol. The van der Waals surface area contributed by atoms with Gasteiger partial charge in [0.1, 0.15) is 0 Å². The molecule has 0 aliphatic rings. The molecule has 31 heavy (non-hydrogen) atoms. The molecule has 0 atom stereocenters. The SMILES string of the molecule is CN(C)c1ccc(/C=C/c2cc(-c3ccc([N+](=O)[O-])cc3)o[n+]2C)cc1.F[B-](F)(F)F. The standard InChI is InChI=1S/C20H20N3O3.BF4/c1-21(2)17-9-4-15(5-10-17)6-11-19-14-20(26-22(19)3)16-7-12-18(13-8-16)23(24)25;2-1(3,4)5/h4-14H,1-3H3;/q+1;-1. The second kappa shape index (κ2) is 9.92. The number of hydrogen-bond acceptors (Lipinski definition) is 4. The molecule has 11 heteroatoms. The molecule has 0 fully saturated rings. The van der Waals surface area contributed by atoms with Crippen molar-refractivity contribution >= 4 is 30.8 Å². The number of anilines is 1. The lowest BCUT2D eigenvalue weighted by Crippen LogP contribution is -2.27. The van der Waals surface area contributed by atoms with Crippen LogP contribution in [-0.2, 0) is 7.05 Å². The fourth-order valence-corrected chi connectivity index (χ4v) is 2.55. The highest BCUT2D eigenvalue weighted by atomic mass is 19.5. The van der Waals surface area contributed by atoms with Crippen molar-refractivity contribution in [2.75, 3.05) is 19.0 Å². The number of hydrogen-bond donors (Lipinski definition) is 0. The van der Waals surface area contributed by atoms with E-state index in [0.29, 0.717) is 5.76 Å². The summed E-state index contributed by atoms with van der Waals surface area (Å²) < 4.78 is 46.4. The number of aryl methyl sites for hydroxylation is 1. The van der Waals surface area contributed by atoms with Crippen molar-refractivity contribution in [1.29, 1.82) is 0 Å². The molecule has 0 saturated carbocycles. The Labute approximate surface area is 176 Å². The van der Waals surface area contributed by atoms with Crippen molar-refractivity contribution in [3.05, 3.63) is 76.0 Å². The van der Waals surface area contributed by atoms with Gasteiger partial charge in [-0.25, -0.2) is 4.52 Å². The Morgan fingerprint density at radius 3 is 2.03 bits per heavy atom. The number of nitro groups is 1. The van der Waals surface area contributed by atoms with Crippen LogP contribution in [0.3, 0.4) is 0 Å². The van der Waals surface area contributed by atoms with Gasteiger partial charge in [0.15, 0.2) is 7.05 Å². The van der Waals surface area contributed by atoms with E-state index in [1.807, 2.05) is 39.4 Å². The minimum absolute atomic E-state index is 0.0611. The smallest absolute Gasteiger partial charge is 0.418 e. The van der Waals surface area contributed by atoms with Crippen molar-refractivity contribution < 1.29 is 31.4 Å². The first-order chi connectivity index (χ1) is 14.4. The molecule has 1 heterocycles. The Kier molecular flexibility index (Phi) is 7.57. The minimum atomic E-state index is -6.00. The van der Waals surface area contributed by atoms with Gasteiger partial charge in [0, 0.05) is 43.6 Å². The second-order valence-electron chi connectivity index (χ2n) is 6.64. The van der Waals surface area contributed by atoms with Gasteiger partial charge < -0.3 is 22.2 Å². The molecule has 0 N–H and O–H groups in total. The number of nitrogens with zero attached hydrogens (tertiary/aromatic N) is 3. The van der Waals surface area contributed by atoms with Crippen LogP contribution in [0.15, 0.2) is 59.1 Å². The molecule has 0 radical (unpaired) electrons. The van der Waals surface area contributed by atoms with E-state index in [4.69, 9.17) is 4.52 Å². The van der Waals surface area contributed by atoms with Gasteiger partial charge in [-0.2, -0.15) is 0 Å². The summed E-state index contributed by atoms with van der Waals surface area (Å²) >= 11 is 0. The van der Waals surface area contributed by atoms with Crippen LogP contribution in [-0.4, -0.2) is 26.3 Å². The largest absolute Gasteiger partial charge is 0.673 e. The molecule has 0 aliphatic heterocycles. The van der Waals surface area contributed by atoms with E-state index in [-0.39, 0.29) is 5.69 Å². The van der Waals surface area contributed by atoms with Gasteiger partial charge in [0.05, 0.1) is 11.0 Å². The zero-order valence-corrected chi connectivity index (χ0v) is 17.0. The number of rotatable bonds is 5. The zero-order valence-electron chi connectivity index (χ0n) is 17.0. The molecule has 0 amide bonds. The molecular weight excluding hydrogens is 417 g/mol. The average molecular weight is 437 g/mol. The highest BCUT2D eigenvalue weighted by molar-refractivity contribution is 6.50. The summed E-state index contributed by atoms with van der Waals surface area (Å²) in [7, 11) is -0.157. The Morgan fingerprint density at radius 2 is 1.55 bits per heavy atom. The molecule has 0 unspecified atom stereocenters. The third kappa shape index (κ3) is 7.61. The van der Waals surface area contributed by atoms with Gasteiger partial charge in [-0.15, -0.1) is 0 Å². The topological polar surface area (TPSA) is 63.4 Å². The molecule has 2 aromatic carbocycles. The summed E-state index contributed by atoms with van der Waals surface area (Å²) in [5, 5.41) is 10.8. The summed E-state index contributed by atoms with van der Waals surface area (Å²) in [4.78, 5) is 12.4. The van der Waals surface area contributed by atoms with E-state index >= 15 is 0 Å². The Balaban J connectivity index is 0.000000614. The van der Waals surface area contributed by atoms with Crippen LogP contribution in [0.2, 0.25) is 0 Å². The maximum absolute atomic E-state index is 10.8. The quantitative estimate of drug-likeness (QED) is 0.181. The number of nitro benzene ring substituents is 1. The van der Waals surface area contributed by atoms with Gasteiger partial charge in [0.2, 0.25) is 5.76 Å². The fraction of sp³-hybridized carbons (Fsp3) is 0.150. The average Bonchev–Trinajstić information content (AvgIpc) is 3.06. The zero-order chi connectivity index (χ0) is 23.2. The number of aromatic nitrogens is 1. The van der Waals surface area contributed by atoms with E-state index in [1.54, 1.807) is 16.9 Å². The molecule has 3 aromatic rings. The Hall–Kier alpha value is -3.63. The Bertz CT molecular complexity index is 1040. The molecule has 6 nitrogen and oxygen atoms in total. The molecule has 3 rings (SSSR count). The summed E-state index contributed by atoms with van der Waals surface area (Å²) in [5.41, 5.74) is 3.99. The highest BCUT2D eigenvalue weighted by Crippen LogP contribution is 2.23. The van der Waals surface area contributed by atoms with Crippen LogP contribution < -0.4 is 9.64 Å². The second-order valence-corrected chi connectivity index (χ2v) is 6.64. The van der Waals surface area contributed by atoms with Crippen LogP contribution in [0.4, 0.5) is 28.6 Å². The van der Waals surface area contributed by atoms with Crippen LogP contribution in [0, 0.1) is 10.1 Å². The van der Waals surface area contributed by atoms with Crippen LogP contribution in [0.5, 0.6) is 0 Å². The summed E-state index contributed by atoms with van der Waals surface area (Å²) in [6, 6.07) is 16.5.